The number of morpholine rings is 1. The lowest BCUT2D eigenvalue weighted by atomic mass is 10.1. The molecule has 0 bridgehead atoms. The third-order valence-corrected chi connectivity index (χ3v) is 5.48. The molecule has 2 aromatic heterocycles. The van der Waals surface area contributed by atoms with Crippen LogP contribution in [0.3, 0.4) is 0 Å². The van der Waals surface area contributed by atoms with Gasteiger partial charge >= 0.3 is 0 Å². The van der Waals surface area contributed by atoms with Gasteiger partial charge in [0.1, 0.15) is 11.6 Å². The molecule has 3 heterocycles. The smallest absolute Gasteiger partial charge is 0.265 e. The van der Waals surface area contributed by atoms with E-state index in [9.17, 15) is 9.18 Å². The third kappa shape index (κ3) is 4.67. The predicted molar refractivity (Wildman–Crippen MR) is 123 cm³/mol. The van der Waals surface area contributed by atoms with Crippen LogP contribution in [-0.2, 0) is 4.74 Å². The Kier molecular flexibility index (Phi) is 5.93. The number of ether oxygens (including phenoxy) is 1. The molecule has 0 saturated carbocycles. The van der Waals surface area contributed by atoms with Crippen LogP contribution in [0.5, 0.6) is 0 Å². The minimum absolute atomic E-state index is 0.160. The van der Waals surface area contributed by atoms with E-state index in [2.05, 4.69) is 15.4 Å². The van der Waals surface area contributed by atoms with Crippen LogP contribution in [0.15, 0.2) is 73.1 Å². The number of nitrogens with one attached hydrogen (secondary N) is 2. The second-order valence-corrected chi connectivity index (χ2v) is 7.67. The molecule has 0 radical (unpaired) electrons. The van der Waals surface area contributed by atoms with E-state index in [0.717, 1.165) is 22.4 Å². The number of benzene rings is 2. The SMILES string of the molecule is O=C(NN1CCOCC1)c1ccc(-c2nc(-c3ccc(F)cc3)c(-c3ccncc3)[nH]2)cc1. The molecular weight excluding hydrogens is 421 g/mol. The van der Waals surface area contributed by atoms with Crippen LogP contribution in [0.2, 0.25) is 0 Å². The number of nitrogens with zero attached hydrogens (tertiary/aromatic N) is 3. The maximum atomic E-state index is 13.5. The summed E-state index contributed by atoms with van der Waals surface area (Å²) in [6.45, 7) is 2.54. The maximum absolute atomic E-state index is 13.5. The fourth-order valence-electron chi connectivity index (χ4n) is 3.72. The number of halogens is 1. The molecular formula is C25H22FN5O2. The Balaban J connectivity index is 1.44. The van der Waals surface area contributed by atoms with Gasteiger partial charge in [0.25, 0.3) is 5.91 Å². The summed E-state index contributed by atoms with van der Waals surface area (Å²) in [5.41, 5.74) is 7.55. The molecule has 7 nitrogen and oxygen atoms in total. The zero-order valence-electron chi connectivity index (χ0n) is 17.8. The van der Waals surface area contributed by atoms with Crippen molar-refractivity contribution in [3.05, 3.63) is 84.4 Å². The van der Waals surface area contributed by atoms with Crippen LogP contribution in [-0.4, -0.2) is 52.2 Å². The summed E-state index contributed by atoms with van der Waals surface area (Å²) in [5, 5.41) is 1.86. The molecule has 1 amide bonds. The van der Waals surface area contributed by atoms with Crippen LogP contribution in [0.25, 0.3) is 33.9 Å². The molecule has 0 unspecified atom stereocenters. The number of amides is 1. The third-order valence-electron chi connectivity index (χ3n) is 5.48. The summed E-state index contributed by atoms with van der Waals surface area (Å²) in [4.78, 5) is 24.8. The number of H-pyrrole nitrogens is 1. The minimum atomic E-state index is -0.300. The van der Waals surface area contributed by atoms with Crippen molar-refractivity contribution in [1.29, 1.82) is 0 Å². The Bertz CT molecular complexity index is 1230. The fraction of sp³-hybridized carbons (Fsp3) is 0.160. The number of hydrogen-bond acceptors (Lipinski definition) is 5. The average Bonchev–Trinajstić information content (AvgIpc) is 3.31. The van der Waals surface area contributed by atoms with Gasteiger partial charge in [-0.2, -0.15) is 0 Å². The summed E-state index contributed by atoms with van der Waals surface area (Å²) >= 11 is 0. The lowest BCUT2D eigenvalue weighted by Crippen LogP contribution is -2.48. The van der Waals surface area contributed by atoms with Crippen LogP contribution in [0.4, 0.5) is 4.39 Å². The van der Waals surface area contributed by atoms with Crippen molar-refractivity contribution in [1.82, 2.24) is 25.4 Å². The molecule has 2 N–H and O–H groups in total. The first-order chi connectivity index (χ1) is 16.2. The summed E-state index contributed by atoms with van der Waals surface area (Å²) in [5.74, 6) is 0.194. The first-order valence-electron chi connectivity index (χ1n) is 10.7. The number of imidazole rings is 1. The van der Waals surface area contributed by atoms with E-state index in [1.807, 2.05) is 29.3 Å². The van der Waals surface area contributed by atoms with Crippen molar-refractivity contribution in [2.45, 2.75) is 0 Å². The molecule has 33 heavy (non-hydrogen) atoms. The highest BCUT2D eigenvalue weighted by Gasteiger charge is 2.17. The van der Waals surface area contributed by atoms with E-state index < -0.39 is 0 Å². The van der Waals surface area contributed by atoms with Crippen molar-refractivity contribution in [3.63, 3.8) is 0 Å². The highest BCUT2D eigenvalue weighted by Crippen LogP contribution is 2.33. The number of aromatic nitrogens is 3. The largest absolute Gasteiger partial charge is 0.379 e. The molecule has 1 aliphatic heterocycles. The number of rotatable bonds is 5. The van der Waals surface area contributed by atoms with Gasteiger partial charge in [-0.3, -0.25) is 15.2 Å². The highest BCUT2D eigenvalue weighted by molar-refractivity contribution is 5.94. The molecule has 2 aromatic carbocycles. The van der Waals surface area contributed by atoms with Gasteiger partial charge in [0.15, 0.2) is 0 Å². The van der Waals surface area contributed by atoms with E-state index >= 15 is 0 Å². The molecule has 4 aromatic rings. The topological polar surface area (TPSA) is 83.1 Å². The van der Waals surface area contributed by atoms with Crippen LogP contribution >= 0.6 is 0 Å². The van der Waals surface area contributed by atoms with Gasteiger partial charge < -0.3 is 9.72 Å². The fourth-order valence-corrected chi connectivity index (χ4v) is 3.72. The van der Waals surface area contributed by atoms with Gasteiger partial charge in [0.05, 0.1) is 24.6 Å². The first-order valence-corrected chi connectivity index (χ1v) is 10.7. The zero-order chi connectivity index (χ0) is 22.6. The summed E-state index contributed by atoms with van der Waals surface area (Å²) in [6, 6.07) is 17.3. The summed E-state index contributed by atoms with van der Waals surface area (Å²) in [6.07, 6.45) is 3.43. The van der Waals surface area contributed by atoms with Gasteiger partial charge in [-0.05, 0) is 48.5 Å². The molecule has 1 saturated heterocycles. The van der Waals surface area contributed by atoms with Gasteiger partial charge in [-0.1, -0.05) is 12.1 Å². The van der Waals surface area contributed by atoms with E-state index in [1.165, 1.54) is 12.1 Å². The Morgan fingerprint density at radius 3 is 2.27 bits per heavy atom. The zero-order valence-corrected chi connectivity index (χ0v) is 17.8. The van der Waals surface area contributed by atoms with E-state index in [4.69, 9.17) is 9.72 Å². The quantitative estimate of drug-likeness (QED) is 0.489. The Morgan fingerprint density at radius 1 is 0.909 bits per heavy atom. The number of hydrazine groups is 1. The van der Waals surface area contributed by atoms with Gasteiger partial charge in [-0.15, -0.1) is 0 Å². The van der Waals surface area contributed by atoms with Crippen molar-refractivity contribution in [2.75, 3.05) is 26.3 Å². The minimum Gasteiger partial charge on any atom is -0.379 e. The highest BCUT2D eigenvalue weighted by atomic mass is 19.1. The molecule has 1 fully saturated rings. The molecule has 5 rings (SSSR count). The summed E-state index contributed by atoms with van der Waals surface area (Å²) < 4.78 is 18.8. The standard InChI is InChI=1S/C25H22FN5O2/c26-21-7-5-17(6-8-21)22-23(18-9-11-27-12-10-18)29-24(28-22)19-1-3-20(4-2-19)25(32)30-31-13-15-33-16-14-31/h1-12H,13-16H2,(H,28,29)(H,30,32). The first kappa shape index (κ1) is 21.0. The van der Waals surface area contributed by atoms with E-state index in [1.54, 1.807) is 36.7 Å². The second kappa shape index (κ2) is 9.32. The van der Waals surface area contributed by atoms with Gasteiger partial charge in [0, 0.05) is 47.7 Å². The number of carbonyl (C=O) groups excluding carboxylic acids is 1. The van der Waals surface area contributed by atoms with Crippen LogP contribution in [0, 0.1) is 5.82 Å². The lowest BCUT2D eigenvalue weighted by Gasteiger charge is -2.26. The van der Waals surface area contributed by atoms with Crippen molar-refractivity contribution < 1.29 is 13.9 Å². The average molecular weight is 443 g/mol. The van der Waals surface area contributed by atoms with E-state index in [0.29, 0.717) is 43.4 Å². The van der Waals surface area contributed by atoms with Crippen molar-refractivity contribution in [2.24, 2.45) is 0 Å². The molecule has 1 aliphatic rings. The monoisotopic (exact) mass is 443 g/mol. The van der Waals surface area contributed by atoms with Crippen molar-refractivity contribution >= 4 is 5.91 Å². The maximum Gasteiger partial charge on any atom is 0.265 e. The Hall–Kier alpha value is -3.88. The molecule has 0 aliphatic carbocycles. The molecule has 0 spiro atoms. The normalized spacial score (nSPS) is 14.2. The van der Waals surface area contributed by atoms with Crippen LogP contribution < -0.4 is 5.43 Å². The van der Waals surface area contributed by atoms with Crippen molar-refractivity contribution in [3.8, 4) is 33.9 Å². The summed E-state index contributed by atoms with van der Waals surface area (Å²) in [7, 11) is 0. The number of pyridine rings is 1. The molecule has 8 heteroatoms. The Labute approximate surface area is 190 Å². The van der Waals surface area contributed by atoms with Crippen LogP contribution in [0.1, 0.15) is 10.4 Å². The number of hydrogen-bond donors (Lipinski definition) is 2. The molecule has 166 valence electrons. The lowest BCUT2D eigenvalue weighted by molar-refractivity contribution is 0.0126. The van der Waals surface area contributed by atoms with Gasteiger partial charge in [0.2, 0.25) is 0 Å². The van der Waals surface area contributed by atoms with E-state index in [-0.39, 0.29) is 11.7 Å². The molecule has 0 atom stereocenters. The number of aromatic amines is 1. The predicted octanol–water partition coefficient (Wildman–Crippen LogP) is 3.92. The Morgan fingerprint density at radius 2 is 1.58 bits per heavy atom. The second-order valence-electron chi connectivity index (χ2n) is 7.67. The number of carbonyl (C=O) groups is 1. The van der Waals surface area contributed by atoms with Gasteiger partial charge in [-0.25, -0.2) is 14.4 Å².